The molecule has 1 N–H and O–H groups in total. The number of aryl methyl sites for hydroxylation is 1. The molecule has 0 spiro atoms. The van der Waals surface area contributed by atoms with Crippen LogP contribution in [0, 0.1) is 12.7 Å². The first-order valence-corrected chi connectivity index (χ1v) is 12.5. The second-order valence-corrected chi connectivity index (χ2v) is 9.46. The highest BCUT2D eigenvalue weighted by Crippen LogP contribution is 2.45. The Balaban J connectivity index is 1.63. The number of furan rings is 1. The summed E-state index contributed by atoms with van der Waals surface area (Å²) in [6.07, 6.45) is 1.40. The number of thiazole rings is 1. The number of aliphatic hydroxyl groups is 1. The normalized spacial score (nSPS) is 15.2. The van der Waals surface area contributed by atoms with E-state index in [4.69, 9.17) is 13.9 Å². The van der Waals surface area contributed by atoms with Gasteiger partial charge in [0.15, 0.2) is 28.0 Å². The molecule has 0 aliphatic carbocycles. The number of carbonyl (C=O) groups is 3. The number of ether oxygens (including phenoxy) is 2. The molecule has 11 heteroatoms. The predicted molar refractivity (Wildman–Crippen MR) is 141 cm³/mol. The number of nitrogens with zero attached hydrogens (tertiary/aromatic N) is 2. The fourth-order valence-corrected chi connectivity index (χ4v) is 5.33. The maximum absolute atomic E-state index is 15.1. The van der Waals surface area contributed by atoms with Gasteiger partial charge in [0.2, 0.25) is 5.78 Å². The molecule has 1 aliphatic rings. The standard InChI is InChI=1S/C28H21FN2O7S/c1-4-12-37-27(35)25-14(2)30-28(39-25)31-21(16-9-5-6-10-17(16)29)20(23(33)26(31)34)22(32)19-13-15-8-7-11-18(36-3)24(15)38-19/h4-11,13,21,33H,1,12H2,2-3H3. The maximum Gasteiger partial charge on any atom is 0.350 e. The zero-order chi connectivity index (χ0) is 27.8. The van der Waals surface area contributed by atoms with Gasteiger partial charge in [-0.2, -0.15) is 0 Å². The van der Waals surface area contributed by atoms with Gasteiger partial charge in [-0.1, -0.05) is 54.3 Å². The smallest absolute Gasteiger partial charge is 0.350 e. The number of rotatable bonds is 8. The molecule has 0 radical (unpaired) electrons. The van der Waals surface area contributed by atoms with Crippen LogP contribution < -0.4 is 9.64 Å². The van der Waals surface area contributed by atoms with Crippen LogP contribution in [-0.4, -0.2) is 41.5 Å². The number of hydrogen-bond acceptors (Lipinski definition) is 9. The average Bonchev–Trinajstić information content (AvgIpc) is 3.61. The number of esters is 1. The van der Waals surface area contributed by atoms with Gasteiger partial charge in [-0.05, 0) is 25.1 Å². The first kappa shape index (κ1) is 25.9. The summed E-state index contributed by atoms with van der Waals surface area (Å²) in [6, 6.07) is 10.7. The fourth-order valence-electron chi connectivity index (χ4n) is 4.34. The summed E-state index contributed by atoms with van der Waals surface area (Å²) in [7, 11) is 1.45. The molecule has 198 valence electrons. The van der Waals surface area contributed by atoms with Crippen molar-refractivity contribution in [1.82, 2.24) is 4.98 Å². The number of benzene rings is 2. The molecule has 5 rings (SSSR count). The fraction of sp³-hybridized carbons (Fsp3) is 0.143. The van der Waals surface area contributed by atoms with Crippen LogP contribution in [-0.2, 0) is 9.53 Å². The Hall–Kier alpha value is -4.77. The van der Waals surface area contributed by atoms with E-state index in [0.717, 1.165) is 16.2 Å². The Morgan fingerprint density at radius 2 is 2.03 bits per heavy atom. The highest BCUT2D eigenvalue weighted by atomic mass is 32.1. The van der Waals surface area contributed by atoms with Crippen molar-refractivity contribution in [1.29, 1.82) is 0 Å². The monoisotopic (exact) mass is 548 g/mol. The summed E-state index contributed by atoms with van der Waals surface area (Å²) >= 11 is 0.817. The summed E-state index contributed by atoms with van der Waals surface area (Å²) in [6.45, 7) is 5.02. The highest BCUT2D eigenvalue weighted by molar-refractivity contribution is 7.17. The summed E-state index contributed by atoms with van der Waals surface area (Å²) in [5.41, 5.74) is 0.0976. The SMILES string of the molecule is C=CCOC(=O)c1sc(N2C(=O)C(O)=C(C(=O)c3cc4cccc(OC)c4o3)C2c2ccccc2F)nc1C. The minimum Gasteiger partial charge on any atom is -0.503 e. The van der Waals surface area contributed by atoms with Crippen molar-refractivity contribution in [2.24, 2.45) is 0 Å². The molecular weight excluding hydrogens is 527 g/mol. The van der Waals surface area contributed by atoms with E-state index >= 15 is 4.39 Å². The molecule has 0 bridgehead atoms. The quantitative estimate of drug-likeness (QED) is 0.175. The minimum absolute atomic E-state index is 0.0306. The van der Waals surface area contributed by atoms with Gasteiger partial charge in [0.1, 0.15) is 23.3 Å². The van der Waals surface area contributed by atoms with Crippen molar-refractivity contribution in [3.8, 4) is 5.75 Å². The molecule has 9 nitrogen and oxygen atoms in total. The number of aliphatic hydroxyl groups excluding tert-OH is 1. The lowest BCUT2D eigenvalue weighted by Crippen LogP contribution is -2.31. The Kier molecular flexibility index (Phi) is 6.75. The molecule has 3 heterocycles. The number of carbonyl (C=O) groups excluding carboxylic acids is 3. The third-order valence-corrected chi connectivity index (χ3v) is 7.25. The number of fused-ring (bicyclic) bond motifs is 1. The number of Topliss-reactive ketones (excluding diaryl/α,β-unsaturated/α-hetero) is 1. The number of hydrogen-bond donors (Lipinski definition) is 1. The second kappa shape index (κ2) is 10.2. The predicted octanol–water partition coefficient (Wildman–Crippen LogP) is 5.47. The van der Waals surface area contributed by atoms with E-state index in [0.29, 0.717) is 16.7 Å². The van der Waals surface area contributed by atoms with Crippen molar-refractivity contribution < 1.29 is 37.8 Å². The van der Waals surface area contributed by atoms with Crippen molar-refractivity contribution in [3.05, 3.63) is 100 Å². The highest BCUT2D eigenvalue weighted by Gasteiger charge is 2.47. The van der Waals surface area contributed by atoms with Crippen molar-refractivity contribution >= 4 is 45.1 Å². The summed E-state index contributed by atoms with van der Waals surface area (Å²) in [5, 5.41) is 11.5. The topological polar surface area (TPSA) is 119 Å². The maximum atomic E-state index is 15.1. The van der Waals surface area contributed by atoms with E-state index in [2.05, 4.69) is 11.6 Å². The number of anilines is 1. The van der Waals surface area contributed by atoms with Crippen LogP contribution in [0.1, 0.15) is 37.5 Å². The zero-order valence-corrected chi connectivity index (χ0v) is 21.6. The van der Waals surface area contributed by atoms with E-state index in [1.165, 1.54) is 43.5 Å². The van der Waals surface area contributed by atoms with Gasteiger partial charge in [-0.25, -0.2) is 14.2 Å². The van der Waals surface area contributed by atoms with Gasteiger partial charge >= 0.3 is 5.97 Å². The molecule has 2 aromatic carbocycles. The van der Waals surface area contributed by atoms with Crippen LogP contribution in [0.2, 0.25) is 0 Å². The van der Waals surface area contributed by atoms with Gasteiger partial charge in [0.05, 0.1) is 18.4 Å². The molecule has 0 saturated heterocycles. The Morgan fingerprint density at radius 1 is 1.26 bits per heavy atom. The van der Waals surface area contributed by atoms with Gasteiger partial charge in [0, 0.05) is 10.9 Å². The lowest BCUT2D eigenvalue weighted by molar-refractivity contribution is -0.117. The van der Waals surface area contributed by atoms with E-state index in [1.54, 1.807) is 25.1 Å². The molecule has 1 aliphatic heterocycles. The molecular formula is C28H21FN2O7S. The van der Waals surface area contributed by atoms with Crippen molar-refractivity contribution in [2.45, 2.75) is 13.0 Å². The summed E-state index contributed by atoms with van der Waals surface area (Å²) < 4.78 is 31.3. The molecule has 39 heavy (non-hydrogen) atoms. The number of ketones is 1. The molecule has 0 fully saturated rings. The Labute approximate surface area is 225 Å². The number of aromatic nitrogens is 1. The van der Waals surface area contributed by atoms with Gasteiger partial charge in [0.25, 0.3) is 5.91 Å². The van der Waals surface area contributed by atoms with Crippen LogP contribution in [0.5, 0.6) is 5.75 Å². The third-order valence-electron chi connectivity index (χ3n) is 6.11. The lowest BCUT2D eigenvalue weighted by atomic mass is 9.95. The number of amides is 1. The Bertz CT molecular complexity index is 1690. The van der Waals surface area contributed by atoms with E-state index in [9.17, 15) is 19.5 Å². The third kappa shape index (κ3) is 4.36. The minimum atomic E-state index is -1.40. The molecule has 1 unspecified atom stereocenters. The van der Waals surface area contributed by atoms with Gasteiger partial charge in [-0.15, -0.1) is 0 Å². The van der Waals surface area contributed by atoms with Crippen molar-refractivity contribution in [2.75, 3.05) is 18.6 Å². The number of para-hydroxylation sites is 1. The van der Waals surface area contributed by atoms with E-state index in [-0.39, 0.29) is 33.6 Å². The zero-order valence-electron chi connectivity index (χ0n) is 20.8. The van der Waals surface area contributed by atoms with E-state index < -0.39 is 40.9 Å². The molecule has 2 aromatic heterocycles. The van der Waals surface area contributed by atoms with Crippen LogP contribution >= 0.6 is 11.3 Å². The summed E-state index contributed by atoms with van der Waals surface area (Å²) in [5.74, 6) is -3.90. The molecule has 1 amide bonds. The average molecular weight is 549 g/mol. The molecule has 4 aromatic rings. The van der Waals surface area contributed by atoms with Crippen LogP contribution in [0.4, 0.5) is 9.52 Å². The van der Waals surface area contributed by atoms with E-state index in [1.807, 2.05) is 0 Å². The summed E-state index contributed by atoms with van der Waals surface area (Å²) in [4.78, 5) is 45.1. The first-order chi connectivity index (χ1) is 18.8. The van der Waals surface area contributed by atoms with Gasteiger partial charge in [-0.3, -0.25) is 14.5 Å². The molecule has 1 atom stereocenters. The second-order valence-electron chi connectivity index (χ2n) is 8.48. The van der Waals surface area contributed by atoms with Crippen LogP contribution in [0.15, 0.2) is 76.9 Å². The molecule has 0 saturated carbocycles. The van der Waals surface area contributed by atoms with Gasteiger partial charge < -0.3 is 19.0 Å². The lowest BCUT2D eigenvalue weighted by Gasteiger charge is -2.24. The first-order valence-electron chi connectivity index (χ1n) is 11.6. The Morgan fingerprint density at radius 3 is 2.74 bits per heavy atom. The van der Waals surface area contributed by atoms with Crippen LogP contribution in [0.3, 0.4) is 0 Å². The van der Waals surface area contributed by atoms with Crippen molar-refractivity contribution in [3.63, 3.8) is 0 Å². The van der Waals surface area contributed by atoms with Crippen LogP contribution in [0.25, 0.3) is 11.0 Å². The number of halogens is 1. The number of methoxy groups -OCH3 is 1. The largest absolute Gasteiger partial charge is 0.503 e.